The van der Waals surface area contributed by atoms with Gasteiger partial charge in [-0.1, -0.05) is 19.9 Å². The lowest BCUT2D eigenvalue weighted by Gasteiger charge is -2.33. The van der Waals surface area contributed by atoms with E-state index in [0.717, 1.165) is 6.07 Å². The number of anilines is 1. The molecule has 0 amide bonds. The number of alkyl halides is 3. The lowest BCUT2D eigenvalue weighted by atomic mass is 9.71. The van der Waals surface area contributed by atoms with Gasteiger partial charge in [0.05, 0.1) is 20.2 Å². The van der Waals surface area contributed by atoms with Crippen molar-refractivity contribution in [1.82, 2.24) is 9.29 Å². The molecule has 1 aliphatic heterocycles. The van der Waals surface area contributed by atoms with Gasteiger partial charge in [-0.05, 0) is 48.5 Å². The number of hydrogen-bond donors (Lipinski definition) is 2. The number of fused-ring (bicyclic) bond motifs is 4. The first-order valence-corrected chi connectivity index (χ1v) is 14.4. The first-order valence-electron chi connectivity index (χ1n) is 11.3. The fraction of sp³-hybridized carbons (Fsp3) is 0.333. The molecular formula is C24H24F3N3O5S2. The summed E-state index contributed by atoms with van der Waals surface area (Å²) in [6, 6.07) is 7.24. The lowest BCUT2D eigenvalue weighted by molar-refractivity contribution is -0.0501. The van der Waals surface area contributed by atoms with Crippen LogP contribution in [0.1, 0.15) is 53.9 Å². The predicted molar refractivity (Wildman–Crippen MR) is 135 cm³/mol. The summed E-state index contributed by atoms with van der Waals surface area (Å²) in [5, 5.41) is 0.601. The number of nitrogens with one attached hydrogen (secondary N) is 1. The molecule has 3 aromatic rings. The number of nitrogens with zero attached hydrogens (tertiary/aromatic N) is 1. The van der Waals surface area contributed by atoms with Crippen LogP contribution in [0.4, 0.5) is 18.9 Å². The summed E-state index contributed by atoms with van der Waals surface area (Å²) in [4.78, 5) is 16.6. The fourth-order valence-electron chi connectivity index (χ4n) is 5.06. The number of benzene rings is 2. The predicted octanol–water partition coefficient (Wildman–Crippen LogP) is 3.93. The Balaban J connectivity index is 1.79. The molecule has 198 valence electrons. The summed E-state index contributed by atoms with van der Waals surface area (Å²) in [7, 11) is -9.59. The zero-order valence-corrected chi connectivity index (χ0v) is 21.6. The van der Waals surface area contributed by atoms with Crippen LogP contribution in [0, 0.1) is 0 Å². The van der Waals surface area contributed by atoms with E-state index < -0.39 is 42.3 Å². The number of aromatic nitrogens is 1. The fourth-order valence-corrected chi connectivity index (χ4v) is 7.42. The topological polar surface area (TPSA) is 123 Å². The van der Waals surface area contributed by atoms with Crippen LogP contribution in [0.5, 0.6) is 5.75 Å². The van der Waals surface area contributed by atoms with Gasteiger partial charge in [0.15, 0.2) is 11.5 Å². The van der Waals surface area contributed by atoms with Gasteiger partial charge in [-0.2, -0.15) is 21.6 Å². The Morgan fingerprint density at radius 3 is 2.38 bits per heavy atom. The van der Waals surface area contributed by atoms with Gasteiger partial charge < -0.3 is 14.9 Å². The minimum Gasteiger partial charge on any atom is -0.399 e. The van der Waals surface area contributed by atoms with Crippen molar-refractivity contribution in [2.75, 3.05) is 18.8 Å². The van der Waals surface area contributed by atoms with Gasteiger partial charge in [0, 0.05) is 46.4 Å². The Hall–Kier alpha value is -3.03. The maximum absolute atomic E-state index is 13.9. The third-order valence-electron chi connectivity index (χ3n) is 6.99. The molecule has 2 heterocycles. The Kier molecular flexibility index (Phi) is 5.53. The Morgan fingerprint density at radius 1 is 1.11 bits per heavy atom. The lowest BCUT2D eigenvalue weighted by Crippen LogP contribution is -2.34. The molecule has 2 aliphatic rings. The summed E-state index contributed by atoms with van der Waals surface area (Å²) < 4.78 is 83.7. The van der Waals surface area contributed by atoms with E-state index in [1.807, 2.05) is 0 Å². The maximum atomic E-state index is 13.9. The zero-order chi connectivity index (χ0) is 27.1. The van der Waals surface area contributed by atoms with Crippen LogP contribution in [0.2, 0.25) is 0 Å². The van der Waals surface area contributed by atoms with Gasteiger partial charge in [-0.25, -0.2) is 8.51 Å². The van der Waals surface area contributed by atoms with E-state index in [-0.39, 0.29) is 16.0 Å². The molecule has 1 aliphatic carbocycles. The first kappa shape index (κ1) is 25.6. The van der Waals surface area contributed by atoms with E-state index in [1.165, 1.54) is 10.4 Å². The highest BCUT2D eigenvalue weighted by molar-refractivity contribution is 7.98. The largest absolute Gasteiger partial charge is 0.534 e. The molecule has 8 nitrogen and oxygen atoms in total. The average molecular weight is 556 g/mol. The minimum atomic E-state index is -6.10. The van der Waals surface area contributed by atoms with Crippen molar-refractivity contribution in [3.63, 3.8) is 0 Å². The van der Waals surface area contributed by atoms with Crippen molar-refractivity contribution in [1.29, 1.82) is 0 Å². The Bertz CT molecular complexity index is 1680. The zero-order valence-electron chi connectivity index (χ0n) is 19.9. The number of carbonyl (C=O) groups is 1. The molecule has 1 fully saturated rings. The molecule has 0 bridgehead atoms. The second-order valence-corrected chi connectivity index (χ2v) is 13.5. The van der Waals surface area contributed by atoms with Gasteiger partial charge in [-0.15, -0.1) is 0 Å². The number of halogens is 3. The van der Waals surface area contributed by atoms with Gasteiger partial charge in [0.25, 0.3) is 0 Å². The highest BCUT2D eigenvalue weighted by atomic mass is 32.2. The number of H-pyrrole nitrogens is 1. The summed E-state index contributed by atoms with van der Waals surface area (Å²) in [5.41, 5.74) is 1.37. The van der Waals surface area contributed by atoms with Crippen LogP contribution >= 0.6 is 0 Å². The van der Waals surface area contributed by atoms with E-state index in [0.29, 0.717) is 53.8 Å². The van der Waals surface area contributed by atoms with Crippen molar-refractivity contribution in [2.45, 2.75) is 42.5 Å². The molecule has 37 heavy (non-hydrogen) atoms. The van der Waals surface area contributed by atoms with E-state index in [4.69, 9.17) is 5.73 Å². The Labute approximate surface area is 211 Å². The van der Waals surface area contributed by atoms with Crippen molar-refractivity contribution < 1.29 is 34.8 Å². The van der Waals surface area contributed by atoms with Gasteiger partial charge in [-0.3, -0.25) is 4.79 Å². The normalized spacial score (nSPS) is 19.4. The molecule has 3 N–H and O–H groups in total. The van der Waals surface area contributed by atoms with Gasteiger partial charge in [0.1, 0.15) is 0 Å². The number of aromatic amines is 1. The summed E-state index contributed by atoms with van der Waals surface area (Å²) in [6.07, 6.45) is 1.37. The summed E-state index contributed by atoms with van der Waals surface area (Å²) in [5.74, 6) is 2.52. The van der Waals surface area contributed by atoms with E-state index in [1.54, 1.807) is 32.0 Å². The standard InChI is InChI=1S/C24H24F3N3O5S2/c1-23(2)16-12-18(35-37(33,34)24(25,26)27)19(36(3,32)30-8-4-5-9-30)11-15(16)21(31)20-14-7-6-13(28)10-17(14)29-22(20)23/h6-7,10-12,29H,3-5,8-9,28H2,1-2H3. The van der Waals surface area contributed by atoms with E-state index in [9.17, 15) is 30.6 Å². The summed E-state index contributed by atoms with van der Waals surface area (Å²) in [6.45, 7) is 4.16. The van der Waals surface area contributed by atoms with Crippen molar-refractivity contribution >= 4 is 48.1 Å². The van der Waals surface area contributed by atoms with Crippen LogP contribution in [0.25, 0.3) is 10.9 Å². The quantitative estimate of drug-likeness (QED) is 0.218. The number of nitrogen functional groups attached to an aromatic ring is 1. The molecule has 1 saturated heterocycles. The molecule has 1 atom stereocenters. The minimum absolute atomic E-state index is 0.0811. The molecule has 0 radical (unpaired) electrons. The van der Waals surface area contributed by atoms with Crippen molar-refractivity contribution in [2.24, 2.45) is 0 Å². The molecule has 0 saturated carbocycles. The van der Waals surface area contributed by atoms with Crippen LogP contribution in [0.15, 0.2) is 35.2 Å². The van der Waals surface area contributed by atoms with Crippen LogP contribution in [0.3, 0.4) is 0 Å². The van der Waals surface area contributed by atoms with E-state index in [2.05, 4.69) is 15.0 Å². The van der Waals surface area contributed by atoms with Crippen LogP contribution in [-0.2, 0) is 25.2 Å². The molecule has 13 heteroatoms. The maximum Gasteiger partial charge on any atom is 0.534 e. The van der Waals surface area contributed by atoms with Crippen LogP contribution < -0.4 is 9.92 Å². The van der Waals surface area contributed by atoms with Crippen molar-refractivity contribution in [3.05, 3.63) is 52.7 Å². The molecule has 5 rings (SSSR count). The molecular weight excluding hydrogens is 531 g/mol. The highest BCUT2D eigenvalue weighted by Gasteiger charge is 2.50. The number of nitrogens with two attached hydrogens (primary N) is 1. The number of ketones is 1. The highest BCUT2D eigenvalue weighted by Crippen LogP contribution is 2.47. The second kappa shape index (κ2) is 7.98. The van der Waals surface area contributed by atoms with Crippen molar-refractivity contribution in [3.8, 4) is 5.75 Å². The SMILES string of the molecule is C=S(=O)(c1cc2c(cc1OS(=O)(=O)C(F)(F)F)C(C)(C)c1[nH]c3cc(N)ccc3c1C2=O)N1CCCC1. The molecule has 2 aromatic carbocycles. The van der Waals surface area contributed by atoms with Gasteiger partial charge in [0.2, 0.25) is 0 Å². The molecule has 1 unspecified atom stereocenters. The van der Waals surface area contributed by atoms with E-state index >= 15 is 0 Å². The number of hydrogen-bond acceptors (Lipinski definition) is 6. The summed E-state index contributed by atoms with van der Waals surface area (Å²) >= 11 is 0. The number of rotatable bonds is 4. The van der Waals surface area contributed by atoms with Gasteiger partial charge >= 0.3 is 15.6 Å². The molecule has 0 spiro atoms. The average Bonchev–Trinajstić information content (AvgIpc) is 3.45. The molecule has 1 aromatic heterocycles. The number of carbonyl (C=O) groups excluding carboxylic acids is 1. The Morgan fingerprint density at radius 2 is 1.76 bits per heavy atom. The third-order valence-corrected chi connectivity index (χ3v) is 10.2. The third kappa shape index (κ3) is 3.82. The van der Waals surface area contributed by atoms with Crippen LogP contribution in [-0.4, -0.2) is 52.2 Å². The first-order chi connectivity index (χ1) is 17.1. The second-order valence-electron chi connectivity index (χ2n) is 9.74. The monoisotopic (exact) mass is 555 g/mol. The smallest absolute Gasteiger partial charge is 0.399 e.